The second kappa shape index (κ2) is 12.0. The molecule has 0 bridgehead atoms. The van der Waals surface area contributed by atoms with Crippen molar-refractivity contribution in [2.24, 2.45) is 0 Å². The van der Waals surface area contributed by atoms with E-state index < -0.39 is 17.7 Å². The number of Topliss-reactive ketones (excluding diaryl/α,β-unsaturated/α-hetero) is 1. The van der Waals surface area contributed by atoms with Crippen LogP contribution < -0.4 is 14.2 Å². The molecule has 8 nitrogen and oxygen atoms in total. The van der Waals surface area contributed by atoms with Crippen LogP contribution in [0.1, 0.15) is 28.3 Å². The molecular weight excluding hydrogens is 496 g/mol. The van der Waals surface area contributed by atoms with Crippen molar-refractivity contribution < 1.29 is 28.9 Å². The number of hydrogen-bond donors (Lipinski definition) is 1. The highest BCUT2D eigenvalue weighted by molar-refractivity contribution is 6.46. The van der Waals surface area contributed by atoms with Crippen LogP contribution in [0.15, 0.2) is 72.3 Å². The van der Waals surface area contributed by atoms with Gasteiger partial charge in [-0.25, -0.2) is 0 Å². The maximum atomic E-state index is 13.3. The summed E-state index contributed by atoms with van der Waals surface area (Å²) in [7, 11) is 6.90. The zero-order valence-electron chi connectivity index (χ0n) is 22.9. The largest absolute Gasteiger partial charge is 0.507 e. The maximum absolute atomic E-state index is 13.3. The van der Waals surface area contributed by atoms with Crippen LogP contribution in [-0.2, 0) is 16.2 Å². The zero-order valence-corrected chi connectivity index (χ0v) is 22.9. The lowest BCUT2D eigenvalue weighted by Crippen LogP contribution is -2.35. The molecule has 0 radical (unpaired) electrons. The molecule has 0 saturated carbocycles. The van der Waals surface area contributed by atoms with E-state index >= 15 is 0 Å². The van der Waals surface area contributed by atoms with Gasteiger partial charge in [0, 0.05) is 18.7 Å². The number of nitrogens with zero attached hydrogens (tertiary/aromatic N) is 2. The van der Waals surface area contributed by atoms with Crippen molar-refractivity contribution >= 4 is 17.4 Å². The van der Waals surface area contributed by atoms with E-state index in [2.05, 4.69) is 0 Å². The molecule has 0 aliphatic carbocycles. The third-order valence-corrected chi connectivity index (χ3v) is 6.74. The molecule has 8 heteroatoms. The van der Waals surface area contributed by atoms with Gasteiger partial charge in [-0.3, -0.25) is 9.59 Å². The monoisotopic (exact) mass is 530 g/mol. The zero-order chi connectivity index (χ0) is 28.1. The molecule has 1 unspecified atom stereocenters. The van der Waals surface area contributed by atoms with E-state index in [1.165, 1.54) is 12.0 Å². The first-order chi connectivity index (χ1) is 18.7. The van der Waals surface area contributed by atoms with E-state index in [4.69, 9.17) is 14.2 Å². The number of hydrogen-bond acceptors (Lipinski definition) is 7. The Balaban J connectivity index is 1.77. The summed E-state index contributed by atoms with van der Waals surface area (Å²) >= 11 is 0. The summed E-state index contributed by atoms with van der Waals surface area (Å²) in [4.78, 5) is 30.0. The Morgan fingerprint density at radius 1 is 0.923 bits per heavy atom. The smallest absolute Gasteiger partial charge is 0.295 e. The van der Waals surface area contributed by atoms with Crippen molar-refractivity contribution in [3.8, 4) is 17.2 Å². The van der Waals surface area contributed by atoms with E-state index in [1.807, 2.05) is 56.3 Å². The van der Waals surface area contributed by atoms with Crippen LogP contribution in [0.5, 0.6) is 17.2 Å². The molecule has 0 aromatic heterocycles. The number of aliphatic hydroxyl groups excluding tert-OH is 1. The fraction of sp³-hybridized carbons (Fsp3) is 0.290. The Labute approximate surface area is 229 Å². The van der Waals surface area contributed by atoms with Gasteiger partial charge in [-0.05, 0) is 68.0 Å². The Morgan fingerprint density at radius 2 is 1.62 bits per heavy atom. The predicted molar refractivity (Wildman–Crippen MR) is 149 cm³/mol. The second-order valence-corrected chi connectivity index (χ2v) is 9.66. The van der Waals surface area contributed by atoms with Crippen LogP contribution >= 0.6 is 0 Å². The normalized spacial score (nSPS) is 16.6. The number of aliphatic hydroxyl groups is 1. The van der Waals surface area contributed by atoms with Gasteiger partial charge in [-0.2, -0.15) is 0 Å². The van der Waals surface area contributed by atoms with Crippen molar-refractivity contribution in [2.45, 2.75) is 19.6 Å². The number of ether oxygens (including phenoxy) is 3. The van der Waals surface area contributed by atoms with E-state index in [0.29, 0.717) is 48.1 Å². The molecule has 1 saturated heterocycles. The van der Waals surface area contributed by atoms with Crippen LogP contribution in [0.4, 0.5) is 0 Å². The third-order valence-electron chi connectivity index (χ3n) is 6.74. The van der Waals surface area contributed by atoms with Crippen LogP contribution in [0, 0.1) is 6.92 Å². The lowest BCUT2D eigenvalue weighted by atomic mass is 9.94. The minimum Gasteiger partial charge on any atom is -0.507 e. The number of benzene rings is 3. The summed E-state index contributed by atoms with van der Waals surface area (Å²) in [6.45, 7) is 3.05. The summed E-state index contributed by atoms with van der Waals surface area (Å²) in [6.07, 6.45) is 0. The number of amides is 1. The lowest BCUT2D eigenvalue weighted by Gasteiger charge is -2.27. The highest BCUT2D eigenvalue weighted by atomic mass is 16.5. The quantitative estimate of drug-likeness (QED) is 0.233. The van der Waals surface area contributed by atoms with E-state index in [9.17, 15) is 14.7 Å². The topological polar surface area (TPSA) is 88.5 Å². The van der Waals surface area contributed by atoms with Crippen LogP contribution in [0.25, 0.3) is 5.76 Å². The summed E-state index contributed by atoms with van der Waals surface area (Å²) in [5.74, 6) is 0.0262. The fourth-order valence-electron chi connectivity index (χ4n) is 4.65. The Kier molecular flexibility index (Phi) is 8.56. The average Bonchev–Trinajstić information content (AvgIpc) is 3.19. The van der Waals surface area contributed by atoms with Gasteiger partial charge in [0.15, 0.2) is 11.5 Å². The van der Waals surface area contributed by atoms with Crippen molar-refractivity contribution in [1.29, 1.82) is 0 Å². The lowest BCUT2D eigenvalue weighted by molar-refractivity contribution is -0.140. The summed E-state index contributed by atoms with van der Waals surface area (Å²) in [5.41, 5.74) is 2.89. The van der Waals surface area contributed by atoms with Gasteiger partial charge in [0.2, 0.25) is 0 Å². The number of likely N-dealkylation sites (N-methyl/N-ethyl adjacent to an activating group) is 1. The van der Waals surface area contributed by atoms with Gasteiger partial charge in [0.25, 0.3) is 11.7 Å². The van der Waals surface area contributed by atoms with Crippen LogP contribution in [0.3, 0.4) is 0 Å². The van der Waals surface area contributed by atoms with E-state index in [0.717, 1.165) is 11.1 Å². The molecule has 3 aromatic rings. The first-order valence-electron chi connectivity index (χ1n) is 12.7. The SMILES string of the molecule is COc1ccc(/C(O)=C2\C(=O)C(=O)N(CCN(C)C)C2c2ccc(OCc3ccccc3)c(OC)c2)cc1C. The molecule has 1 aliphatic rings. The molecule has 4 rings (SSSR count). The minimum atomic E-state index is -0.801. The Morgan fingerprint density at radius 3 is 2.26 bits per heavy atom. The average molecular weight is 531 g/mol. The molecular formula is C31H34N2O6. The minimum absolute atomic E-state index is 0.0309. The van der Waals surface area contributed by atoms with Gasteiger partial charge in [0.05, 0.1) is 25.8 Å². The summed E-state index contributed by atoms with van der Waals surface area (Å²) in [5, 5.41) is 11.4. The van der Waals surface area contributed by atoms with E-state index in [1.54, 1.807) is 43.5 Å². The number of carbonyl (C=O) groups is 2. The number of ketones is 1. The number of rotatable bonds is 10. The molecule has 1 fully saturated rings. The Bertz CT molecular complexity index is 1380. The molecule has 39 heavy (non-hydrogen) atoms. The molecule has 0 spiro atoms. The van der Waals surface area contributed by atoms with Crippen molar-refractivity contribution in [3.05, 3.63) is 94.6 Å². The van der Waals surface area contributed by atoms with Crippen molar-refractivity contribution in [3.63, 3.8) is 0 Å². The first kappa shape index (κ1) is 27.7. The fourth-order valence-corrected chi connectivity index (χ4v) is 4.65. The predicted octanol–water partition coefficient (Wildman–Crippen LogP) is 4.57. The standard InChI is InChI=1S/C31H34N2O6/c1-20-17-23(12-13-24(20)37-4)29(34)27-28(33(16-15-32(2)3)31(36)30(27)35)22-11-14-25(26(18-22)38-5)39-19-21-9-7-6-8-10-21/h6-14,17-18,28,34H,15-16,19H2,1-5H3/b29-27+. The van der Waals surface area contributed by atoms with Crippen molar-refractivity contribution in [2.75, 3.05) is 41.4 Å². The number of aryl methyl sites for hydroxylation is 1. The molecule has 1 amide bonds. The number of methoxy groups -OCH3 is 2. The molecule has 1 heterocycles. The number of likely N-dealkylation sites (tertiary alicyclic amines) is 1. The highest BCUT2D eigenvalue weighted by Crippen LogP contribution is 2.42. The Hall–Kier alpha value is -4.30. The van der Waals surface area contributed by atoms with Gasteiger partial charge in [-0.1, -0.05) is 36.4 Å². The van der Waals surface area contributed by atoms with Gasteiger partial charge >= 0.3 is 0 Å². The van der Waals surface area contributed by atoms with Crippen molar-refractivity contribution in [1.82, 2.24) is 9.80 Å². The molecule has 204 valence electrons. The summed E-state index contributed by atoms with van der Waals surface area (Å²) in [6, 6.07) is 19.4. The van der Waals surface area contributed by atoms with Crippen LogP contribution in [-0.4, -0.2) is 68.0 Å². The van der Waals surface area contributed by atoms with Gasteiger partial charge in [0.1, 0.15) is 18.1 Å². The third kappa shape index (κ3) is 5.91. The molecule has 3 aromatic carbocycles. The summed E-state index contributed by atoms with van der Waals surface area (Å²) < 4.78 is 17.0. The number of carbonyl (C=O) groups excluding carboxylic acids is 2. The second-order valence-electron chi connectivity index (χ2n) is 9.66. The maximum Gasteiger partial charge on any atom is 0.295 e. The molecule has 1 aliphatic heterocycles. The van der Waals surface area contributed by atoms with Gasteiger partial charge in [-0.15, -0.1) is 0 Å². The highest BCUT2D eigenvalue weighted by Gasteiger charge is 2.46. The molecule has 1 atom stereocenters. The first-order valence-corrected chi connectivity index (χ1v) is 12.7. The van der Waals surface area contributed by atoms with E-state index in [-0.39, 0.29) is 11.3 Å². The van der Waals surface area contributed by atoms with Gasteiger partial charge < -0.3 is 29.1 Å². The molecule has 1 N–H and O–H groups in total. The van der Waals surface area contributed by atoms with Crippen LogP contribution in [0.2, 0.25) is 0 Å².